The van der Waals surface area contributed by atoms with Gasteiger partial charge >= 0.3 is 5.97 Å². The van der Waals surface area contributed by atoms with Crippen LogP contribution >= 0.6 is 0 Å². The Bertz CT molecular complexity index is 285. The first kappa shape index (κ1) is 12.6. The summed E-state index contributed by atoms with van der Waals surface area (Å²) in [6.45, 7) is 0.761. The van der Waals surface area contributed by atoms with Crippen molar-refractivity contribution < 1.29 is 19.2 Å². The lowest BCUT2D eigenvalue weighted by atomic mass is 10.3. The van der Waals surface area contributed by atoms with E-state index in [-0.39, 0.29) is 19.3 Å². The first-order valence-corrected chi connectivity index (χ1v) is 5.22. The average Bonchev–Trinajstić information content (AvgIpc) is 2.49. The van der Waals surface area contributed by atoms with Crippen LogP contribution < -0.4 is 0 Å². The monoisotopic (exact) mass is 228 g/mol. The highest BCUT2D eigenvalue weighted by Gasteiger charge is 2.32. The Morgan fingerprint density at radius 1 is 1.31 bits per heavy atom. The Morgan fingerprint density at radius 2 is 1.88 bits per heavy atom. The van der Waals surface area contributed by atoms with Crippen molar-refractivity contribution >= 4 is 17.8 Å². The molecule has 1 heterocycles. The molecule has 0 aromatic heterocycles. The van der Waals surface area contributed by atoms with Crippen molar-refractivity contribution in [3.63, 3.8) is 0 Å². The van der Waals surface area contributed by atoms with Gasteiger partial charge in [-0.25, -0.2) is 4.79 Å². The summed E-state index contributed by atoms with van der Waals surface area (Å²) in [5.74, 6) is -1.41. The van der Waals surface area contributed by atoms with E-state index in [1.54, 1.807) is 0 Å². The molecule has 16 heavy (non-hydrogen) atoms. The van der Waals surface area contributed by atoms with Gasteiger partial charge in [-0.05, 0) is 27.1 Å². The minimum atomic E-state index is -0.537. The van der Waals surface area contributed by atoms with Crippen molar-refractivity contribution in [2.24, 2.45) is 0 Å². The molecule has 0 saturated carbocycles. The summed E-state index contributed by atoms with van der Waals surface area (Å²) in [5, 5.41) is 0.581. The molecule has 0 aliphatic carbocycles. The van der Waals surface area contributed by atoms with Gasteiger partial charge in [-0.15, -0.1) is 5.06 Å². The molecule has 1 aliphatic heterocycles. The van der Waals surface area contributed by atoms with Crippen LogP contribution in [-0.4, -0.2) is 48.4 Å². The maximum Gasteiger partial charge on any atom is 0.333 e. The normalized spacial score (nSPS) is 16.1. The zero-order valence-corrected chi connectivity index (χ0v) is 9.56. The predicted octanol–water partition coefficient (Wildman–Crippen LogP) is -0.0646. The predicted molar refractivity (Wildman–Crippen MR) is 55.0 cm³/mol. The van der Waals surface area contributed by atoms with Crippen LogP contribution in [0.25, 0.3) is 0 Å². The molecule has 1 rings (SSSR count). The second-order valence-corrected chi connectivity index (χ2v) is 3.95. The topological polar surface area (TPSA) is 66.9 Å². The van der Waals surface area contributed by atoms with Gasteiger partial charge in [-0.2, -0.15) is 0 Å². The van der Waals surface area contributed by atoms with Crippen LogP contribution in [0.15, 0.2) is 0 Å². The maximum atomic E-state index is 11.3. The third-order valence-corrected chi connectivity index (χ3v) is 2.19. The van der Waals surface area contributed by atoms with E-state index in [0.717, 1.165) is 6.54 Å². The van der Waals surface area contributed by atoms with Crippen LogP contribution in [0.2, 0.25) is 0 Å². The molecule has 0 unspecified atom stereocenters. The molecule has 0 aromatic carbocycles. The molecule has 0 radical (unpaired) electrons. The van der Waals surface area contributed by atoms with E-state index in [1.165, 1.54) is 0 Å². The van der Waals surface area contributed by atoms with Gasteiger partial charge in [-0.3, -0.25) is 9.59 Å². The second kappa shape index (κ2) is 5.60. The summed E-state index contributed by atoms with van der Waals surface area (Å²) in [4.78, 5) is 40.2. The molecular weight excluding hydrogens is 212 g/mol. The lowest BCUT2D eigenvalue weighted by molar-refractivity contribution is -0.197. The standard InChI is InChI=1S/C10H16N2O4/c1-11(2)7-3-4-10(15)16-12-8(13)5-6-9(12)14/h3-7H2,1-2H3. The maximum absolute atomic E-state index is 11.3. The first-order chi connectivity index (χ1) is 7.50. The molecule has 90 valence electrons. The van der Waals surface area contributed by atoms with Crippen molar-refractivity contribution in [1.82, 2.24) is 9.96 Å². The third kappa shape index (κ3) is 3.62. The Balaban J connectivity index is 2.28. The van der Waals surface area contributed by atoms with Crippen LogP contribution in [0, 0.1) is 0 Å². The van der Waals surface area contributed by atoms with Crippen LogP contribution in [0.1, 0.15) is 25.7 Å². The fourth-order valence-corrected chi connectivity index (χ4v) is 1.34. The molecule has 2 amide bonds. The van der Waals surface area contributed by atoms with Gasteiger partial charge in [0.25, 0.3) is 11.8 Å². The molecule has 1 aliphatic rings. The molecule has 0 bridgehead atoms. The van der Waals surface area contributed by atoms with Gasteiger partial charge in [0, 0.05) is 19.3 Å². The lowest BCUT2D eigenvalue weighted by Crippen LogP contribution is -2.32. The minimum absolute atomic E-state index is 0.129. The lowest BCUT2D eigenvalue weighted by Gasteiger charge is -2.13. The number of amides is 2. The molecule has 0 spiro atoms. The Hall–Kier alpha value is -1.43. The highest BCUT2D eigenvalue weighted by atomic mass is 16.7. The van der Waals surface area contributed by atoms with E-state index in [4.69, 9.17) is 4.84 Å². The van der Waals surface area contributed by atoms with Crippen molar-refractivity contribution in [3.05, 3.63) is 0 Å². The van der Waals surface area contributed by atoms with Crippen molar-refractivity contribution in [1.29, 1.82) is 0 Å². The number of rotatable bonds is 5. The van der Waals surface area contributed by atoms with Crippen LogP contribution in [0.5, 0.6) is 0 Å². The number of nitrogens with zero attached hydrogens (tertiary/aromatic N) is 2. The largest absolute Gasteiger partial charge is 0.333 e. The number of hydrogen-bond donors (Lipinski definition) is 0. The summed E-state index contributed by atoms with van der Waals surface area (Å²) < 4.78 is 0. The van der Waals surface area contributed by atoms with Gasteiger partial charge in [0.1, 0.15) is 0 Å². The van der Waals surface area contributed by atoms with Gasteiger partial charge < -0.3 is 9.74 Å². The summed E-state index contributed by atoms with van der Waals surface area (Å²) in [5.41, 5.74) is 0. The van der Waals surface area contributed by atoms with Crippen LogP contribution in [0.3, 0.4) is 0 Å². The highest BCUT2D eigenvalue weighted by Crippen LogP contribution is 2.12. The Morgan fingerprint density at radius 3 is 2.38 bits per heavy atom. The molecule has 0 atom stereocenters. The number of carbonyl (C=O) groups excluding carboxylic acids is 3. The molecule has 6 nitrogen and oxygen atoms in total. The van der Waals surface area contributed by atoms with Crippen molar-refractivity contribution in [2.45, 2.75) is 25.7 Å². The van der Waals surface area contributed by atoms with Gasteiger partial charge in [0.05, 0.1) is 0 Å². The molecular formula is C10H16N2O4. The fourth-order valence-electron chi connectivity index (χ4n) is 1.34. The van der Waals surface area contributed by atoms with Crippen LogP contribution in [-0.2, 0) is 19.2 Å². The second-order valence-electron chi connectivity index (χ2n) is 3.95. The van der Waals surface area contributed by atoms with E-state index in [9.17, 15) is 14.4 Å². The fraction of sp³-hybridized carbons (Fsp3) is 0.700. The average molecular weight is 228 g/mol. The minimum Gasteiger partial charge on any atom is -0.330 e. The summed E-state index contributed by atoms with van der Waals surface area (Å²) in [7, 11) is 3.80. The quantitative estimate of drug-likeness (QED) is 0.616. The highest BCUT2D eigenvalue weighted by molar-refractivity contribution is 6.01. The molecule has 6 heteroatoms. The Kier molecular flexibility index (Phi) is 4.42. The van der Waals surface area contributed by atoms with Crippen LogP contribution in [0.4, 0.5) is 0 Å². The SMILES string of the molecule is CN(C)CCCC(=O)ON1C(=O)CCC1=O. The smallest absolute Gasteiger partial charge is 0.330 e. The van der Waals surface area contributed by atoms with Gasteiger partial charge in [-0.1, -0.05) is 0 Å². The summed E-state index contributed by atoms with van der Waals surface area (Å²) >= 11 is 0. The Labute approximate surface area is 94.1 Å². The van der Waals surface area contributed by atoms with E-state index < -0.39 is 17.8 Å². The van der Waals surface area contributed by atoms with E-state index in [2.05, 4.69) is 0 Å². The number of hydroxylamine groups is 2. The number of hydrogen-bond acceptors (Lipinski definition) is 5. The van der Waals surface area contributed by atoms with Crippen molar-refractivity contribution in [2.75, 3.05) is 20.6 Å². The molecule has 0 N–H and O–H groups in total. The van der Waals surface area contributed by atoms with Crippen molar-refractivity contribution in [3.8, 4) is 0 Å². The first-order valence-electron chi connectivity index (χ1n) is 5.22. The number of imide groups is 1. The molecule has 1 saturated heterocycles. The third-order valence-electron chi connectivity index (χ3n) is 2.19. The summed E-state index contributed by atoms with van der Waals surface area (Å²) in [6, 6.07) is 0. The zero-order valence-electron chi connectivity index (χ0n) is 9.56. The number of carbonyl (C=O) groups is 3. The van der Waals surface area contributed by atoms with E-state index >= 15 is 0 Å². The molecule has 1 fully saturated rings. The van der Waals surface area contributed by atoms with Gasteiger partial charge in [0.15, 0.2) is 0 Å². The molecule has 0 aromatic rings. The van der Waals surface area contributed by atoms with E-state index in [0.29, 0.717) is 11.5 Å². The zero-order chi connectivity index (χ0) is 12.1. The van der Waals surface area contributed by atoms with E-state index in [1.807, 2.05) is 19.0 Å². The van der Waals surface area contributed by atoms with Gasteiger partial charge in [0.2, 0.25) is 0 Å². The summed E-state index contributed by atoms with van der Waals surface area (Å²) in [6.07, 6.45) is 1.10.